The molecule has 2 N–H and O–H groups in total. The van der Waals surface area contributed by atoms with E-state index in [0.717, 1.165) is 32.5 Å². The standard InChI is InChI=1S/C12H24N2O/c1-9(2)10(3)8-14-12(15)11-4-6-13-7-5-11/h9-11,13H,4-8H2,1-3H3,(H,14,15). The molecule has 0 aromatic heterocycles. The third-order valence-electron chi connectivity index (χ3n) is 3.45. The normalized spacial score (nSPS) is 20.3. The Morgan fingerprint density at radius 1 is 1.33 bits per heavy atom. The first-order valence-electron chi connectivity index (χ1n) is 6.09. The number of hydrogen-bond acceptors (Lipinski definition) is 2. The Labute approximate surface area is 93.0 Å². The van der Waals surface area contributed by atoms with Crippen LogP contribution in [-0.4, -0.2) is 25.5 Å². The molecule has 0 spiro atoms. The van der Waals surface area contributed by atoms with Crippen molar-refractivity contribution in [1.82, 2.24) is 10.6 Å². The highest BCUT2D eigenvalue weighted by molar-refractivity contribution is 5.78. The summed E-state index contributed by atoms with van der Waals surface area (Å²) in [6.45, 7) is 9.37. The quantitative estimate of drug-likeness (QED) is 0.739. The van der Waals surface area contributed by atoms with E-state index >= 15 is 0 Å². The van der Waals surface area contributed by atoms with Gasteiger partial charge in [0, 0.05) is 12.5 Å². The molecule has 3 nitrogen and oxygen atoms in total. The van der Waals surface area contributed by atoms with Gasteiger partial charge < -0.3 is 10.6 Å². The SMILES string of the molecule is CC(C)C(C)CNC(=O)C1CCNCC1. The zero-order chi connectivity index (χ0) is 11.3. The molecule has 1 fully saturated rings. The van der Waals surface area contributed by atoms with E-state index in [1.165, 1.54) is 0 Å². The van der Waals surface area contributed by atoms with Gasteiger partial charge in [0.15, 0.2) is 0 Å². The number of carbonyl (C=O) groups is 1. The van der Waals surface area contributed by atoms with Gasteiger partial charge in [-0.1, -0.05) is 20.8 Å². The van der Waals surface area contributed by atoms with Gasteiger partial charge in [-0.15, -0.1) is 0 Å². The molecule has 88 valence electrons. The van der Waals surface area contributed by atoms with Gasteiger partial charge in [0.1, 0.15) is 0 Å². The second-order valence-corrected chi connectivity index (χ2v) is 4.99. The summed E-state index contributed by atoms with van der Waals surface area (Å²) in [7, 11) is 0. The summed E-state index contributed by atoms with van der Waals surface area (Å²) in [4.78, 5) is 11.8. The molecule has 1 unspecified atom stereocenters. The average Bonchev–Trinajstić information content (AvgIpc) is 2.26. The lowest BCUT2D eigenvalue weighted by atomic mass is 9.95. The van der Waals surface area contributed by atoms with Crippen LogP contribution in [0, 0.1) is 17.8 Å². The van der Waals surface area contributed by atoms with E-state index in [9.17, 15) is 4.79 Å². The molecule has 1 aliphatic rings. The van der Waals surface area contributed by atoms with Crippen molar-refractivity contribution >= 4 is 5.91 Å². The Kier molecular flexibility index (Phi) is 5.09. The predicted molar refractivity (Wildman–Crippen MR) is 62.6 cm³/mol. The van der Waals surface area contributed by atoms with E-state index in [0.29, 0.717) is 11.8 Å². The maximum absolute atomic E-state index is 11.8. The summed E-state index contributed by atoms with van der Waals surface area (Å²) in [5, 5.41) is 6.34. The lowest BCUT2D eigenvalue weighted by molar-refractivity contribution is -0.125. The zero-order valence-electron chi connectivity index (χ0n) is 10.2. The fourth-order valence-electron chi connectivity index (χ4n) is 1.73. The van der Waals surface area contributed by atoms with Crippen molar-refractivity contribution < 1.29 is 4.79 Å². The highest BCUT2D eigenvalue weighted by Gasteiger charge is 2.21. The summed E-state index contributed by atoms with van der Waals surface area (Å²) in [5.41, 5.74) is 0. The Hall–Kier alpha value is -0.570. The third-order valence-corrected chi connectivity index (χ3v) is 3.45. The highest BCUT2D eigenvalue weighted by Crippen LogP contribution is 2.12. The second-order valence-electron chi connectivity index (χ2n) is 4.99. The van der Waals surface area contributed by atoms with Crippen LogP contribution >= 0.6 is 0 Å². The maximum atomic E-state index is 11.8. The second kappa shape index (κ2) is 6.11. The van der Waals surface area contributed by atoms with Crippen LogP contribution in [0.1, 0.15) is 33.6 Å². The molecule has 1 aliphatic heterocycles. The number of piperidine rings is 1. The van der Waals surface area contributed by atoms with Crippen molar-refractivity contribution in [3.63, 3.8) is 0 Å². The van der Waals surface area contributed by atoms with Crippen molar-refractivity contribution in [2.24, 2.45) is 17.8 Å². The Bertz CT molecular complexity index is 198. The van der Waals surface area contributed by atoms with Gasteiger partial charge in [0.2, 0.25) is 5.91 Å². The zero-order valence-corrected chi connectivity index (χ0v) is 10.2. The Balaban J connectivity index is 2.22. The molecule has 0 aromatic rings. The first kappa shape index (κ1) is 12.5. The van der Waals surface area contributed by atoms with Crippen LogP contribution in [0.25, 0.3) is 0 Å². The smallest absolute Gasteiger partial charge is 0.223 e. The molecule has 0 aromatic carbocycles. The first-order chi connectivity index (χ1) is 7.11. The van der Waals surface area contributed by atoms with Crippen LogP contribution < -0.4 is 10.6 Å². The maximum Gasteiger partial charge on any atom is 0.223 e. The monoisotopic (exact) mass is 212 g/mol. The van der Waals surface area contributed by atoms with Gasteiger partial charge in [-0.3, -0.25) is 4.79 Å². The molecule has 1 atom stereocenters. The number of nitrogens with one attached hydrogen (secondary N) is 2. The summed E-state index contributed by atoms with van der Waals surface area (Å²) < 4.78 is 0. The van der Waals surface area contributed by atoms with Crippen molar-refractivity contribution in [2.75, 3.05) is 19.6 Å². The summed E-state index contributed by atoms with van der Waals surface area (Å²) >= 11 is 0. The number of rotatable bonds is 4. The minimum absolute atomic E-state index is 0.241. The summed E-state index contributed by atoms with van der Waals surface area (Å²) in [6, 6.07) is 0. The van der Waals surface area contributed by atoms with Crippen LogP contribution in [-0.2, 0) is 4.79 Å². The summed E-state index contributed by atoms with van der Waals surface area (Å²) in [6.07, 6.45) is 1.98. The van der Waals surface area contributed by atoms with Crippen molar-refractivity contribution in [3.8, 4) is 0 Å². The molecule has 0 bridgehead atoms. The fourth-order valence-corrected chi connectivity index (χ4v) is 1.73. The molecule has 0 aliphatic carbocycles. The molecule has 1 rings (SSSR count). The number of carbonyl (C=O) groups excluding carboxylic acids is 1. The molecule has 0 radical (unpaired) electrons. The fraction of sp³-hybridized carbons (Fsp3) is 0.917. The molecule has 1 amide bonds. The van der Waals surface area contributed by atoms with Crippen LogP contribution in [0.3, 0.4) is 0 Å². The van der Waals surface area contributed by atoms with Crippen LogP contribution in [0.5, 0.6) is 0 Å². The first-order valence-corrected chi connectivity index (χ1v) is 6.09. The third kappa shape index (κ3) is 4.20. The minimum atomic E-state index is 0.241. The van der Waals surface area contributed by atoms with Gasteiger partial charge in [0.25, 0.3) is 0 Å². The molecule has 15 heavy (non-hydrogen) atoms. The van der Waals surface area contributed by atoms with E-state index in [1.807, 2.05) is 0 Å². The van der Waals surface area contributed by atoms with Crippen LogP contribution in [0.4, 0.5) is 0 Å². The Morgan fingerprint density at radius 3 is 2.47 bits per heavy atom. The van der Waals surface area contributed by atoms with E-state index in [4.69, 9.17) is 0 Å². The van der Waals surface area contributed by atoms with Crippen molar-refractivity contribution in [3.05, 3.63) is 0 Å². The van der Waals surface area contributed by atoms with Gasteiger partial charge >= 0.3 is 0 Å². The largest absolute Gasteiger partial charge is 0.356 e. The number of hydrogen-bond donors (Lipinski definition) is 2. The summed E-state index contributed by atoms with van der Waals surface area (Å²) in [5.74, 6) is 1.70. The number of amides is 1. The van der Waals surface area contributed by atoms with Crippen molar-refractivity contribution in [2.45, 2.75) is 33.6 Å². The molecule has 1 saturated heterocycles. The lowest BCUT2D eigenvalue weighted by Crippen LogP contribution is -2.40. The lowest BCUT2D eigenvalue weighted by Gasteiger charge is -2.23. The average molecular weight is 212 g/mol. The van der Waals surface area contributed by atoms with Gasteiger partial charge in [-0.05, 0) is 37.8 Å². The van der Waals surface area contributed by atoms with Gasteiger partial charge in [0.05, 0.1) is 0 Å². The van der Waals surface area contributed by atoms with E-state index in [-0.39, 0.29) is 11.8 Å². The van der Waals surface area contributed by atoms with Crippen LogP contribution in [0.2, 0.25) is 0 Å². The molecular weight excluding hydrogens is 188 g/mol. The molecular formula is C12H24N2O. The predicted octanol–water partition coefficient (Wildman–Crippen LogP) is 1.39. The molecule has 0 saturated carbocycles. The minimum Gasteiger partial charge on any atom is -0.356 e. The van der Waals surface area contributed by atoms with Gasteiger partial charge in [-0.25, -0.2) is 0 Å². The van der Waals surface area contributed by atoms with Crippen molar-refractivity contribution in [1.29, 1.82) is 0 Å². The molecule has 3 heteroatoms. The van der Waals surface area contributed by atoms with Crippen LogP contribution in [0.15, 0.2) is 0 Å². The Morgan fingerprint density at radius 2 is 1.93 bits per heavy atom. The van der Waals surface area contributed by atoms with E-state index in [1.54, 1.807) is 0 Å². The topological polar surface area (TPSA) is 41.1 Å². The molecule has 1 heterocycles. The van der Waals surface area contributed by atoms with E-state index < -0.39 is 0 Å². The van der Waals surface area contributed by atoms with E-state index in [2.05, 4.69) is 31.4 Å². The van der Waals surface area contributed by atoms with Gasteiger partial charge in [-0.2, -0.15) is 0 Å². The highest BCUT2D eigenvalue weighted by atomic mass is 16.1.